The number of halogens is 1. The predicted octanol–water partition coefficient (Wildman–Crippen LogP) is 3.30. The number of nitriles is 1. The third-order valence-electron chi connectivity index (χ3n) is 3.55. The Labute approximate surface area is 158 Å². The maximum Gasteiger partial charge on any atom is 0.261 e. The molecule has 0 aliphatic rings. The van der Waals surface area contributed by atoms with Crippen molar-refractivity contribution in [2.75, 3.05) is 11.1 Å². The molecule has 1 N–H and O–H groups in total. The number of para-hydroxylation sites is 1. The Bertz CT molecular complexity index is 1070. The van der Waals surface area contributed by atoms with E-state index in [4.69, 9.17) is 16.9 Å². The molecule has 1 heterocycles. The van der Waals surface area contributed by atoms with E-state index < -0.39 is 0 Å². The number of carbonyl (C=O) groups excluding carboxylic acids is 1. The van der Waals surface area contributed by atoms with Crippen molar-refractivity contribution in [2.24, 2.45) is 0 Å². The van der Waals surface area contributed by atoms with Crippen LogP contribution in [0.15, 0.2) is 58.5 Å². The van der Waals surface area contributed by atoms with E-state index in [0.717, 1.165) is 4.90 Å². The fraction of sp³-hybridized carbons (Fsp3) is 0.111. The number of anilines is 1. The van der Waals surface area contributed by atoms with Gasteiger partial charge >= 0.3 is 0 Å². The summed E-state index contributed by atoms with van der Waals surface area (Å²) < 4.78 is 1.24. The Hall–Kier alpha value is -2.82. The molecule has 6 nitrogen and oxygen atoms in total. The second-order valence-corrected chi connectivity index (χ2v) is 6.78. The fourth-order valence-electron chi connectivity index (χ4n) is 2.39. The van der Waals surface area contributed by atoms with Crippen molar-refractivity contribution in [2.45, 2.75) is 11.4 Å². The van der Waals surface area contributed by atoms with Crippen LogP contribution in [0, 0.1) is 11.3 Å². The minimum atomic E-state index is -0.361. The van der Waals surface area contributed by atoms with E-state index in [2.05, 4.69) is 16.4 Å². The van der Waals surface area contributed by atoms with Crippen LogP contribution < -0.4 is 10.9 Å². The summed E-state index contributed by atoms with van der Waals surface area (Å²) in [5.74, 6) is -0.0814. The van der Waals surface area contributed by atoms with Crippen molar-refractivity contribution in [3.05, 3.63) is 64.2 Å². The highest BCUT2D eigenvalue weighted by atomic mass is 35.5. The number of nitrogens with one attached hydrogen (secondary N) is 1. The van der Waals surface area contributed by atoms with Crippen molar-refractivity contribution < 1.29 is 4.79 Å². The van der Waals surface area contributed by atoms with Crippen molar-refractivity contribution in [1.82, 2.24) is 9.55 Å². The van der Waals surface area contributed by atoms with Gasteiger partial charge in [-0.1, -0.05) is 23.7 Å². The summed E-state index contributed by atoms with van der Waals surface area (Å²) in [6, 6.07) is 14.1. The predicted molar refractivity (Wildman–Crippen MR) is 102 cm³/mol. The topological polar surface area (TPSA) is 87.8 Å². The average Bonchev–Trinajstić information content (AvgIpc) is 2.64. The smallest absolute Gasteiger partial charge is 0.261 e. The lowest BCUT2D eigenvalue weighted by Crippen LogP contribution is -2.28. The van der Waals surface area contributed by atoms with Crippen LogP contribution in [0.3, 0.4) is 0 Å². The molecule has 0 aliphatic heterocycles. The van der Waals surface area contributed by atoms with Crippen LogP contribution in [0.5, 0.6) is 0 Å². The highest BCUT2D eigenvalue weighted by Gasteiger charge is 2.11. The number of thioether (sulfide) groups is 1. The second-order valence-electron chi connectivity index (χ2n) is 5.33. The monoisotopic (exact) mass is 384 g/mol. The molecular formula is C18H13ClN4O2S. The van der Waals surface area contributed by atoms with Gasteiger partial charge in [-0.25, -0.2) is 4.98 Å². The Kier molecular flexibility index (Phi) is 5.56. The molecule has 0 saturated carbocycles. The third-order valence-corrected chi connectivity index (χ3v) is 4.73. The fourth-order valence-corrected chi connectivity index (χ4v) is 3.24. The molecule has 3 rings (SSSR count). The summed E-state index contributed by atoms with van der Waals surface area (Å²) in [6.07, 6.45) is 1.34. The molecule has 0 fully saturated rings. The Morgan fingerprint density at radius 2 is 2.12 bits per heavy atom. The maximum atomic E-state index is 12.5. The highest BCUT2D eigenvalue weighted by molar-refractivity contribution is 7.99. The van der Waals surface area contributed by atoms with E-state index in [9.17, 15) is 9.59 Å². The van der Waals surface area contributed by atoms with Gasteiger partial charge in [0.2, 0.25) is 5.91 Å². The molecule has 0 aliphatic carbocycles. The van der Waals surface area contributed by atoms with Crippen molar-refractivity contribution in [3.8, 4) is 6.07 Å². The molecule has 1 aromatic heterocycles. The average molecular weight is 385 g/mol. The molecule has 2 aromatic carbocycles. The second kappa shape index (κ2) is 8.04. The zero-order valence-corrected chi connectivity index (χ0v) is 15.0. The quantitative estimate of drug-likeness (QED) is 0.682. The summed E-state index contributed by atoms with van der Waals surface area (Å²) in [5, 5.41) is 12.3. The SMILES string of the molecule is N#CCSc1ccccc1NC(=O)Cn1cnc2ccc(Cl)cc2c1=O. The molecule has 0 unspecified atom stereocenters. The molecule has 26 heavy (non-hydrogen) atoms. The van der Waals surface area contributed by atoms with Crippen LogP contribution in [-0.2, 0) is 11.3 Å². The zero-order valence-electron chi connectivity index (χ0n) is 13.5. The number of nitrogens with zero attached hydrogens (tertiary/aromatic N) is 3. The van der Waals surface area contributed by atoms with Crippen LogP contribution in [-0.4, -0.2) is 21.2 Å². The van der Waals surface area contributed by atoms with E-state index in [0.29, 0.717) is 21.6 Å². The first-order chi connectivity index (χ1) is 12.6. The number of hydrogen-bond donors (Lipinski definition) is 1. The largest absolute Gasteiger partial charge is 0.324 e. The highest BCUT2D eigenvalue weighted by Crippen LogP contribution is 2.26. The summed E-state index contributed by atoms with van der Waals surface area (Å²) in [5.41, 5.74) is 0.789. The van der Waals surface area contributed by atoms with Gasteiger partial charge < -0.3 is 5.32 Å². The van der Waals surface area contributed by atoms with Gasteiger partial charge in [0, 0.05) is 9.92 Å². The van der Waals surface area contributed by atoms with E-state index in [1.54, 1.807) is 24.3 Å². The molecule has 0 saturated heterocycles. The number of fused-ring (bicyclic) bond motifs is 1. The third kappa shape index (κ3) is 4.04. The molecule has 8 heteroatoms. The molecular weight excluding hydrogens is 372 g/mol. The van der Waals surface area contributed by atoms with Gasteiger partial charge in [-0.3, -0.25) is 14.2 Å². The summed E-state index contributed by atoms with van der Waals surface area (Å²) in [4.78, 5) is 29.9. The molecule has 1 amide bonds. The Morgan fingerprint density at radius 1 is 1.31 bits per heavy atom. The van der Waals surface area contributed by atoms with Gasteiger partial charge in [0.1, 0.15) is 6.54 Å². The van der Waals surface area contributed by atoms with E-state index in [1.807, 2.05) is 12.1 Å². The molecule has 0 radical (unpaired) electrons. The number of aromatic nitrogens is 2. The van der Waals surface area contributed by atoms with Crippen LogP contribution in [0.2, 0.25) is 5.02 Å². The van der Waals surface area contributed by atoms with Crippen LogP contribution >= 0.6 is 23.4 Å². The summed E-state index contributed by atoms with van der Waals surface area (Å²) >= 11 is 7.27. The molecule has 0 atom stereocenters. The first-order valence-corrected chi connectivity index (χ1v) is 8.98. The molecule has 0 bridgehead atoms. The normalized spacial score (nSPS) is 10.5. The van der Waals surface area contributed by atoms with Gasteiger partial charge in [0.05, 0.1) is 34.7 Å². The van der Waals surface area contributed by atoms with Gasteiger partial charge in [-0.2, -0.15) is 5.26 Å². The lowest BCUT2D eigenvalue weighted by molar-refractivity contribution is -0.116. The van der Waals surface area contributed by atoms with E-state index >= 15 is 0 Å². The van der Waals surface area contributed by atoms with Gasteiger partial charge in [-0.15, -0.1) is 11.8 Å². The van der Waals surface area contributed by atoms with E-state index in [-0.39, 0.29) is 23.8 Å². The van der Waals surface area contributed by atoms with Crippen molar-refractivity contribution in [1.29, 1.82) is 5.26 Å². The van der Waals surface area contributed by atoms with E-state index in [1.165, 1.54) is 28.7 Å². The Morgan fingerprint density at radius 3 is 2.92 bits per heavy atom. The minimum absolute atomic E-state index is 0.175. The first kappa shape index (κ1) is 18.0. The van der Waals surface area contributed by atoms with Crippen LogP contribution in [0.25, 0.3) is 10.9 Å². The lowest BCUT2D eigenvalue weighted by atomic mass is 10.2. The van der Waals surface area contributed by atoms with Crippen molar-refractivity contribution >= 4 is 45.9 Å². The molecule has 130 valence electrons. The Balaban J connectivity index is 1.81. The van der Waals surface area contributed by atoms with Crippen molar-refractivity contribution in [3.63, 3.8) is 0 Å². The number of carbonyl (C=O) groups is 1. The number of rotatable bonds is 5. The number of hydrogen-bond acceptors (Lipinski definition) is 5. The van der Waals surface area contributed by atoms with Gasteiger partial charge in [0.15, 0.2) is 0 Å². The van der Waals surface area contributed by atoms with Crippen LogP contribution in [0.4, 0.5) is 5.69 Å². The zero-order chi connectivity index (χ0) is 18.5. The van der Waals surface area contributed by atoms with Gasteiger partial charge in [0.25, 0.3) is 5.56 Å². The van der Waals surface area contributed by atoms with Crippen LogP contribution in [0.1, 0.15) is 0 Å². The number of amides is 1. The molecule has 0 spiro atoms. The maximum absolute atomic E-state index is 12.5. The number of benzene rings is 2. The summed E-state index contributed by atoms with van der Waals surface area (Å²) in [7, 11) is 0. The first-order valence-electron chi connectivity index (χ1n) is 7.62. The lowest BCUT2D eigenvalue weighted by Gasteiger charge is -2.11. The minimum Gasteiger partial charge on any atom is -0.324 e. The summed E-state index contributed by atoms with van der Waals surface area (Å²) in [6.45, 7) is -0.175. The van der Waals surface area contributed by atoms with Gasteiger partial charge in [-0.05, 0) is 30.3 Å². The molecule has 3 aromatic rings. The standard InChI is InChI=1S/C18H13ClN4O2S/c19-12-5-6-14-13(9-12)18(25)23(11-21-14)10-17(24)22-15-3-1-2-4-16(15)26-8-7-20/h1-6,9,11H,8,10H2,(H,22,24).